The van der Waals surface area contributed by atoms with Gasteiger partial charge in [-0.05, 0) is 18.2 Å². The van der Waals surface area contributed by atoms with Crippen LogP contribution in [0.25, 0.3) is 0 Å². The van der Waals surface area contributed by atoms with Crippen LogP contribution in [0.4, 0.5) is 13.2 Å². The van der Waals surface area contributed by atoms with Gasteiger partial charge in [-0.3, -0.25) is 0 Å². The number of benzene rings is 1. The molecule has 1 fully saturated rings. The first-order valence-electron chi connectivity index (χ1n) is 6.49. The first kappa shape index (κ1) is 18.2. The SMILES string of the molecule is OC[C@H]1O[C@@H](Oc2ccc(C(F)(F)F)cc2Cl)[C@H](O)[C@@H](O)[C@@H]1O. The number of halogens is 4. The summed E-state index contributed by atoms with van der Waals surface area (Å²) in [5, 5.41) is 37.7. The summed E-state index contributed by atoms with van der Waals surface area (Å²) >= 11 is 5.71. The summed E-state index contributed by atoms with van der Waals surface area (Å²) in [4.78, 5) is 0. The Balaban J connectivity index is 2.18. The number of aliphatic hydroxyl groups excluding tert-OH is 4. The minimum Gasteiger partial charge on any atom is -0.460 e. The summed E-state index contributed by atoms with van der Waals surface area (Å²) in [5.74, 6) is -0.219. The van der Waals surface area contributed by atoms with E-state index in [9.17, 15) is 28.5 Å². The second-order valence-electron chi connectivity index (χ2n) is 4.96. The monoisotopic (exact) mass is 358 g/mol. The lowest BCUT2D eigenvalue weighted by molar-refractivity contribution is -0.277. The van der Waals surface area contributed by atoms with Crippen molar-refractivity contribution in [1.82, 2.24) is 0 Å². The molecule has 0 radical (unpaired) electrons. The summed E-state index contributed by atoms with van der Waals surface area (Å²) in [6, 6.07) is 2.30. The fraction of sp³-hybridized carbons (Fsp3) is 0.538. The summed E-state index contributed by atoms with van der Waals surface area (Å²) in [6.45, 7) is -0.661. The van der Waals surface area contributed by atoms with Crippen LogP contribution in [0, 0.1) is 0 Å². The van der Waals surface area contributed by atoms with Gasteiger partial charge in [-0.25, -0.2) is 0 Å². The van der Waals surface area contributed by atoms with E-state index in [-0.39, 0.29) is 10.8 Å². The van der Waals surface area contributed by atoms with Crippen LogP contribution in [-0.2, 0) is 10.9 Å². The normalized spacial score (nSPS) is 31.9. The van der Waals surface area contributed by atoms with Crippen molar-refractivity contribution < 1.29 is 43.1 Å². The Labute approximate surface area is 133 Å². The molecule has 5 atom stereocenters. The van der Waals surface area contributed by atoms with E-state index in [1.54, 1.807) is 0 Å². The van der Waals surface area contributed by atoms with Crippen LogP contribution in [0.15, 0.2) is 18.2 Å². The van der Waals surface area contributed by atoms with Gasteiger partial charge in [0.1, 0.15) is 30.2 Å². The third kappa shape index (κ3) is 3.87. The summed E-state index contributed by atoms with van der Waals surface area (Å²) in [6.07, 6.45) is -12.2. The summed E-state index contributed by atoms with van der Waals surface area (Å²) in [7, 11) is 0. The Hall–Kier alpha value is -1.10. The van der Waals surface area contributed by atoms with Crippen molar-refractivity contribution >= 4 is 11.6 Å². The molecule has 0 bridgehead atoms. The molecule has 1 aromatic carbocycles. The molecule has 0 saturated carbocycles. The fourth-order valence-corrected chi connectivity index (χ4v) is 2.29. The summed E-state index contributed by atoms with van der Waals surface area (Å²) in [5.41, 5.74) is -0.983. The van der Waals surface area contributed by atoms with E-state index in [0.717, 1.165) is 12.1 Å². The Kier molecular flexibility index (Phi) is 5.39. The molecular formula is C13H14ClF3O6. The fourth-order valence-electron chi connectivity index (χ4n) is 2.06. The van der Waals surface area contributed by atoms with Gasteiger partial charge in [0.25, 0.3) is 0 Å². The largest absolute Gasteiger partial charge is 0.460 e. The zero-order valence-corrected chi connectivity index (χ0v) is 12.2. The van der Waals surface area contributed by atoms with Crippen LogP contribution < -0.4 is 4.74 Å². The van der Waals surface area contributed by atoms with Gasteiger partial charge in [-0.15, -0.1) is 0 Å². The number of alkyl halides is 3. The molecule has 23 heavy (non-hydrogen) atoms. The van der Waals surface area contributed by atoms with Gasteiger partial charge in [-0.1, -0.05) is 11.6 Å². The molecule has 0 aromatic heterocycles. The maximum absolute atomic E-state index is 12.6. The predicted molar refractivity (Wildman–Crippen MR) is 70.8 cm³/mol. The molecule has 4 N–H and O–H groups in total. The van der Waals surface area contributed by atoms with Crippen molar-refractivity contribution in [2.24, 2.45) is 0 Å². The highest BCUT2D eigenvalue weighted by atomic mass is 35.5. The second kappa shape index (κ2) is 6.80. The average molecular weight is 359 g/mol. The molecule has 10 heteroatoms. The number of hydrogen-bond donors (Lipinski definition) is 4. The van der Waals surface area contributed by atoms with Crippen LogP contribution >= 0.6 is 11.6 Å². The van der Waals surface area contributed by atoms with Crippen molar-refractivity contribution in [3.05, 3.63) is 28.8 Å². The number of hydrogen-bond acceptors (Lipinski definition) is 6. The van der Waals surface area contributed by atoms with Gasteiger partial charge in [0.05, 0.1) is 17.2 Å². The molecule has 2 rings (SSSR count). The maximum Gasteiger partial charge on any atom is 0.416 e. The molecule has 6 nitrogen and oxygen atoms in total. The van der Waals surface area contributed by atoms with Crippen molar-refractivity contribution in [2.75, 3.05) is 6.61 Å². The van der Waals surface area contributed by atoms with Gasteiger partial charge in [0.15, 0.2) is 0 Å². The molecule has 1 aliphatic heterocycles. The van der Waals surface area contributed by atoms with E-state index in [2.05, 4.69) is 0 Å². The number of rotatable bonds is 3. The average Bonchev–Trinajstić information content (AvgIpc) is 2.48. The molecule has 0 unspecified atom stereocenters. The van der Waals surface area contributed by atoms with Crippen LogP contribution in [0.1, 0.15) is 5.56 Å². The standard InChI is InChI=1S/C13H14ClF3O6/c14-6-3-5(13(15,16)17)1-2-7(6)22-12-11(21)10(20)9(19)8(4-18)23-12/h1-3,8-12,18-21H,4H2/t8-,9-,10+,11-,12-/m1/s1. The quantitative estimate of drug-likeness (QED) is 0.629. The van der Waals surface area contributed by atoms with Gasteiger partial charge in [0.2, 0.25) is 6.29 Å². The topological polar surface area (TPSA) is 99.4 Å². The van der Waals surface area contributed by atoms with Crippen LogP contribution in [0.2, 0.25) is 5.02 Å². The molecule has 1 heterocycles. The lowest BCUT2D eigenvalue weighted by Gasteiger charge is -2.39. The highest BCUT2D eigenvalue weighted by molar-refractivity contribution is 6.32. The third-order valence-corrected chi connectivity index (χ3v) is 3.65. The molecule has 0 amide bonds. The minimum absolute atomic E-state index is 0.219. The van der Waals surface area contributed by atoms with Crippen molar-refractivity contribution in [2.45, 2.75) is 36.9 Å². The molecule has 130 valence electrons. The predicted octanol–water partition coefficient (Wildman–Crippen LogP) is 0.538. The van der Waals surface area contributed by atoms with Crippen molar-refractivity contribution in [1.29, 1.82) is 0 Å². The first-order valence-corrected chi connectivity index (χ1v) is 6.87. The van der Waals surface area contributed by atoms with Gasteiger partial charge >= 0.3 is 6.18 Å². The molecule has 1 aliphatic rings. The molecule has 1 saturated heterocycles. The molecule has 0 aliphatic carbocycles. The molecule has 1 aromatic rings. The zero-order chi connectivity index (χ0) is 17.4. The molecule has 0 spiro atoms. The van der Waals surface area contributed by atoms with Crippen molar-refractivity contribution in [3.63, 3.8) is 0 Å². The van der Waals surface area contributed by atoms with Crippen LogP contribution in [0.5, 0.6) is 5.75 Å². The van der Waals surface area contributed by atoms with Crippen LogP contribution in [0.3, 0.4) is 0 Å². The van der Waals surface area contributed by atoms with E-state index in [1.165, 1.54) is 0 Å². The van der Waals surface area contributed by atoms with Crippen molar-refractivity contribution in [3.8, 4) is 5.75 Å². The van der Waals surface area contributed by atoms with Gasteiger partial charge in [-0.2, -0.15) is 13.2 Å². The van der Waals surface area contributed by atoms with E-state index in [0.29, 0.717) is 6.07 Å². The van der Waals surface area contributed by atoms with Gasteiger partial charge < -0.3 is 29.9 Å². The first-order chi connectivity index (χ1) is 10.6. The Bertz CT molecular complexity index is 553. The Morgan fingerprint density at radius 3 is 2.30 bits per heavy atom. The molecular weight excluding hydrogens is 345 g/mol. The van der Waals surface area contributed by atoms with E-state index in [1.807, 2.05) is 0 Å². The number of aliphatic hydroxyl groups is 4. The van der Waals surface area contributed by atoms with Gasteiger partial charge in [0, 0.05) is 0 Å². The maximum atomic E-state index is 12.6. The Morgan fingerprint density at radius 2 is 1.78 bits per heavy atom. The van der Waals surface area contributed by atoms with Crippen LogP contribution in [-0.4, -0.2) is 57.7 Å². The lowest BCUT2D eigenvalue weighted by atomic mass is 9.99. The highest BCUT2D eigenvalue weighted by Crippen LogP contribution is 2.36. The summed E-state index contributed by atoms with van der Waals surface area (Å²) < 4.78 is 47.9. The van der Waals surface area contributed by atoms with E-state index in [4.69, 9.17) is 26.2 Å². The number of ether oxygens (including phenoxy) is 2. The second-order valence-corrected chi connectivity index (χ2v) is 5.37. The Morgan fingerprint density at radius 1 is 1.13 bits per heavy atom. The van der Waals surface area contributed by atoms with E-state index < -0.39 is 49.1 Å². The smallest absolute Gasteiger partial charge is 0.416 e. The van der Waals surface area contributed by atoms with E-state index >= 15 is 0 Å². The zero-order valence-electron chi connectivity index (χ0n) is 11.4. The minimum atomic E-state index is -4.58. The lowest BCUT2D eigenvalue weighted by Crippen LogP contribution is -2.60. The third-order valence-electron chi connectivity index (χ3n) is 3.35. The highest BCUT2D eigenvalue weighted by Gasteiger charge is 2.45.